The molecule has 0 unspecified atom stereocenters. The monoisotopic (exact) mass is 1360 g/mol. The predicted molar refractivity (Wildman–Crippen MR) is 428 cm³/mol. The topological polar surface area (TPSA) is 180 Å². The highest BCUT2D eigenvalue weighted by molar-refractivity contribution is 6.36. The first-order valence-electron chi connectivity index (χ1n) is 36.3. The van der Waals surface area contributed by atoms with Crippen LogP contribution in [-0.2, 0) is 32.5 Å². The lowest BCUT2D eigenvalue weighted by atomic mass is 9.61. The molecule has 12 heteroatoms. The van der Waals surface area contributed by atoms with Crippen molar-refractivity contribution in [2.24, 2.45) is 0 Å². The summed E-state index contributed by atoms with van der Waals surface area (Å²) in [6.07, 6.45) is 0. The summed E-state index contributed by atoms with van der Waals surface area (Å²) in [5, 5.41) is 11.2. The minimum absolute atomic E-state index is 0.384. The zero-order valence-corrected chi connectivity index (χ0v) is 61.7. The summed E-state index contributed by atoms with van der Waals surface area (Å²) in [5.41, 5.74) is 14.0. The van der Waals surface area contributed by atoms with Gasteiger partial charge in [0.1, 0.15) is 0 Å². The summed E-state index contributed by atoms with van der Waals surface area (Å²) in [5.74, 6) is -0.858. The van der Waals surface area contributed by atoms with E-state index < -0.39 is 76.9 Å². The van der Waals surface area contributed by atoms with E-state index in [-0.39, 0.29) is 0 Å². The second-order valence-electron chi connectivity index (χ2n) is 36.7. The van der Waals surface area contributed by atoms with Gasteiger partial charge in [0.2, 0.25) is 32.6 Å². The predicted octanol–water partition coefficient (Wildman–Crippen LogP) is 18.9. The van der Waals surface area contributed by atoms with E-state index in [9.17, 15) is 28.8 Å². The van der Waals surface area contributed by atoms with E-state index in [0.717, 1.165) is 99.1 Å². The maximum Gasteiger partial charge on any atom is 0.234 e. The molecule has 3 aliphatic rings. The molecule has 0 saturated heterocycles. The van der Waals surface area contributed by atoms with Crippen LogP contribution in [0.1, 0.15) is 203 Å². The molecule has 18 aromatic rings. The second-order valence-corrected chi connectivity index (χ2v) is 36.7. The summed E-state index contributed by atoms with van der Waals surface area (Å²) in [6, 6.07) is 37.6. The van der Waals surface area contributed by atoms with E-state index >= 15 is 0 Å². The molecule has 3 aromatic heterocycles. The number of aromatic nitrogens is 6. The van der Waals surface area contributed by atoms with Crippen molar-refractivity contribution in [3.05, 3.63) is 237 Å². The number of benzene rings is 15. The Morgan fingerprint density at radius 1 is 0.192 bits per heavy atom. The van der Waals surface area contributed by atoms with Gasteiger partial charge in [-0.3, -0.25) is 28.8 Å². The molecule has 3 aliphatic carbocycles. The van der Waals surface area contributed by atoms with Gasteiger partial charge >= 0.3 is 0 Å². The van der Waals surface area contributed by atoms with Gasteiger partial charge in [-0.2, -0.15) is 0 Å². The smallest absolute Gasteiger partial charge is 0.234 e. The Morgan fingerprint density at radius 3 is 0.442 bits per heavy atom. The first-order valence-corrected chi connectivity index (χ1v) is 36.3. The molecule has 15 aromatic carbocycles. The molecule has 0 radical (unpaired) electrons. The van der Waals surface area contributed by atoms with Gasteiger partial charge in [0, 0.05) is 109 Å². The molecule has 12 nitrogen and oxygen atoms in total. The van der Waals surface area contributed by atoms with Crippen LogP contribution in [0.25, 0.3) is 163 Å². The number of rotatable bonds is 0. The SMILES string of the molecule is CC(C)(C)c1cc2c(=O)c(=O)c3cc(C(C)(C)C)cc4c5nc6cc7c(cc6nc5c(c1)c2c34)C1c2cc3nc4c5cc(C(C)(C)C)cc6c(=O)c(=O)c8cc(C(C)(C)C)cc(c4nc3cc2C7c2cc3nc4c7cc(C(C)(C)C)cc9c(=O)c(=O)c%10cc(C(C)(C)C)cc(c4nc3cc21)c%10c97)c8c65. The van der Waals surface area contributed by atoms with Crippen LogP contribution in [0.2, 0.25) is 0 Å². The average Bonchev–Trinajstić information content (AvgIpc) is 0.722. The fourth-order valence-electron chi connectivity index (χ4n) is 18.0. The van der Waals surface area contributed by atoms with Crippen molar-refractivity contribution < 1.29 is 0 Å². The normalized spacial score (nSPS) is 15.6. The van der Waals surface area contributed by atoms with Crippen molar-refractivity contribution in [1.29, 1.82) is 0 Å². The number of fused-ring (bicyclic) bond motifs is 12. The average molecular weight is 1360 g/mol. The first kappa shape index (κ1) is 62.8. The van der Waals surface area contributed by atoms with E-state index in [2.05, 4.69) is 197 Å². The van der Waals surface area contributed by atoms with Crippen LogP contribution < -0.4 is 32.6 Å². The molecular weight excluding hydrogens is 1290 g/mol. The summed E-state index contributed by atoms with van der Waals surface area (Å²) in [6.45, 7) is 38.1. The van der Waals surface area contributed by atoms with Gasteiger partial charge in [-0.1, -0.05) is 125 Å². The third-order valence-electron chi connectivity index (χ3n) is 23.9. The van der Waals surface area contributed by atoms with Crippen molar-refractivity contribution in [1.82, 2.24) is 29.9 Å². The minimum atomic E-state index is -0.525. The van der Waals surface area contributed by atoms with Crippen LogP contribution in [0.5, 0.6) is 0 Å². The molecule has 0 spiro atoms. The van der Waals surface area contributed by atoms with Crippen LogP contribution in [0.3, 0.4) is 0 Å². The van der Waals surface area contributed by atoms with E-state index in [1.165, 1.54) is 0 Å². The Labute approximate surface area is 595 Å². The van der Waals surface area contributed by atoms with Gasteiger partial charge in [0.25, 0.3) is 0 Å². The molecule has 3 heterocycles. The van der Waals surface area contributed by atoms with Gasteiger partial charge in [0.05, 0.1) is 66.2 Å². The molecule has 0 amide bonds. The molecular formula is C92H74N6O6. The molecule has 104 heavy (non-hydrogen) atoms. The summed E-state index contributed by atoms with van der Waals surface area (Å²) >= 11 is 0. The van der Waals surface area contributed by atoms with E-state index in [1.807, 2.05) is 36.4 Å². The quantitative estimate of drug-likeness (QED) is 0.0798. The Hall–Kier alpha value is -11.0. The second kappa shape index (κ2) is 19.2. The van der Waals surface area contributed by atoms with E-state index in [1.54, 1.807) is 0 Å². The molecule has 0 saturated carbocycles. The van der Waals surface area contributed by atoms with Gasteiger partial charge in [-0.05, 0) is 208 Å². The fraction of sp³-hybridized carbons (Fsp3) is 0.283. The Balaban J connectivity index is 0.920. The van der Waals surface area contributed by atoms with Crippen molar-refractivity contribution in [3.8, 4) is 0 Å². The van der Waals surface area contributed by atoms with E-state index in [0.29, 0.717) is 131 Å². The van der Waals surface area contributed by atoms with Gasteiger partial charge in [-0.15, -0.1) is 0 Å². The molecule has 0 fully saturated rings. The maximum atomic E-state index is 14.6. The van der Waals surface area contributed by atoms with Crippen LogP contribution in [0, 0.1) is 0 Å². The largest absolute Gasteiger partial charge is 0.285 e. The first-order chi connectivity index (χ1) is 48.8. The maximum absolute atomic E-state index is 14.6. The lowest BCUT2D eigenvalue weighted by Crippen LogP contribution is -2.28. The zero-order valence-electron chi connectivity index (χ0n) is 61.7. The van der Waals surface area contributed by atoms with Gasteiger partial charge < -0.3 is 0 Å². The summed E-state index contributed by atoms with van der Waals surface area (Å²) in [7, 11) is 0. The molecule has 2 bridgehead atoms. The molecule has 0 N–H and O–H groups in total. The Bertz CT molecular complexity index is 6400. The van der Waals surface area contributed by atoms with Crippen molar-refractivity contribution in [2.45, 2.75) is 169 Å². The highest BCUT2D eigenvalue weighted by atomic mass is 16.2. The standard InChI is InChI=1S/C92H74N6O6/c1-87(2,3)37-19-49-69-55(25-37)81(99)82(100)56-26-38(88(4,5)6)20-50(70(56)69)76-75(49)93-61-31-43-44(32-62(61)94-76)68-47-35-65-63(95-77-51-21-39(89(7,8)9)27-57-71(51)73-53(79(77)97-65)23-41(91(13,14)15)29-59(73)85(103)83(57)101)33-45(47)67(43)46-34-64-66(36-48(46)68)98-80-54-24-42(92(16,17)18)30-60-74(54)72-52(78(80)96-64)22-40(90(10,11)12)28-58(72)84(102)86(60)104/h19-36,67-68H,1-18H3. The fourth-order valence-corrected chi connectivity index (χ4v) is 18.0. The summed E-state index contributed by atoms with van der Waals surface area (Å²) in [4.78, 5) is 122. The van der Waals surface area contributed by atoms with Crippen LogP contribution in [-0.4, -0.2) is 29.9 Å². The number of nitrogens with zero attached hydrogens (tertiary/aromatic N) is 6. The Kier molecular flexibility index (Phi) is 11.6. The third-order valence-corrected chi connectivity index (χ3v) is 23.9. The number of hydrogen-bond acceptors (Lipinski definition) is 12. The highest BCUT2D eigenvalue weighted by Gasteiger charge is 2.44. The van der Waals surface area contributed by atoms with Gasteiger partial charge in [-0.25, -0.2) is 29.9 Å². The van der Waals surface area contributed by atoms with Crippen molar-refractivity contribution in [3.63, 3.8) is 0 Å². The summed E-state index contributed by atoms with van der Waals surface area (Å²) < 4.78 is 0. The van der Waals surface area contributed by atoms with E-state index in [4.69, 9.17) is 29.9 Å². The van der Waals surface area contributed by atoms with Crippen LogP contribution in [0.15, 0.2) is 138 Å². The molecule has 0 atom stereocenters. The highest BCUT2D eigenvalue weighted by Crippen LogP contribution is 2.59. The molecule has 21 rings (SSSR count). The number of hydrogen-bond donors (Lipinski definition) is 0. The van der Waals surface area contributed by atoms with Gasteiger partial charge in [0.15, 0.2) is 0 Å². The van der Waals surface area contributed by atoms with Crippen LogP contribution >= 0.6 is 0 Å². The lowest BCUT2D eigenvalue weighted by molar-refractivity contribution is 0.591. The lowest BCUT2D eigenvalue weighted by Gasteiger charge is -2.42. The van der Waals surface area contributed by atoms with Crippen LogP contribution in [0.4, 0.5) is 0 Å². The molecule has 0 aliphatic heterocycles. The van der Waals surface area contributed by atoms with Crippen molar-refractivity contribution >= 4 is 163 Å². The van der Waals surface area contributed by atoms with Crippen molar-refractivity contribution in [2.75, 3.05) is 0 Å². The third kappa shape index (κ3) is 8.14. The molecule has 508 valence electrons. The Morgan fingerprint density at radius 2 is 0.317 bits per heavy atom. The zero-order chi connectivity index (χ0) is 72.8. The minimum Gasteiger partial charge on any atom is -0.285 e.